The maximum Gasteiger partial charge on any atom is 0.271 e. The highest BCUT2D eigenvalue weighted by Gasteiger charge is 2.35. The molecule has 0 aliphatic carbocycles. The number of amidine groups is 1. The van der Waals surface area contributed by atoms with Crippen molar-refractivity contribution in [2.75, 3.05) is 19.1 Å². The summed E-state index contributed by atoms with van der Waals surface area (Å²) < 4.78 is 10.5. The molecule has 1 aliphatic heterocycles. The maximum atomic E-state index is 13.6. The number of methoxy groups -OCH3 is 2. The molecule has 1 heterocycles. The average molecular weight is 461 g/mol. The number of thioether (sulfide) groups is 1. The molecule has 168 valence electrons. The molecule has 0 saturated carbocycles. The zero-order valence-electron chi connectivity index (χ0n) is 18.8. The fourth-order valence-corrected chi connectivity index (χ4v) is 4.50. The van der Waals surface area contributed by atoms with Crippen LogP contribution in [0, 0.1) is 13.8 Å². The number of carbonyl (C=O) groups excluding carboxylic acids is 1. The van der Waals surface area contributed by atoms with E-state index in [9.17, 15) is 9.90 Å². The van der Waals surface area contributed by atoms with Crippen LogP contribution in [-0.2, 0) is 4.79 Å². The SMILES string of the molecule is COc1cc(/C=C2/SC(=Nc3ccccc3C)N(c3ccccc3C)C2=O)cc(OC)c1O. The first-order chi connectivity index (χ1) is 15.9. The van der Waals surface area contributed by atoms with Crippen molar-refractivity contribution in [2.24, 2.45) is 4.99 Å². The third-order valence-corrected chi connectivity index (χ3v) is 6.26. The van der Waals surface area contributed by atoms with Crippen molar-refractivity contribution in [3.8, 4) is 17.2 Å². The molecule has 33 heavy (non-hydrogen) atoms. The van der Waals surface area contributed by atoms with Gasteiger partial charge in [-0.3, -0.25) is 9.69 Å². The lowest BCUT2D eigenvalue weighted by atomic mass is 10.1. The van der Waals surface area contributed by atoms with E-state index in [1.165, 1.54) is 26.0 Å². The third kappa shape index (κ3) is 4.45. The van der Waals surface area contributed by atoms with Gasteiger partial charge in [0.1, 0.15) is 0 Å². The van der Waals surface area contributed by atoms with E-state index in [0.717, 1.165) is 22.5 Å². The number of aliphatic imine (C=N–C) groups is 1. The molecule has 1 saturated heterocycles. The Morgan fingerprint density at radius 2 is 1.55 bits per heavy atom. The van der Waals surface area contributed by atoms with Gasteiger partial charge >= 0.3 is 0 Å². The molecular weight excluding hydrogens is 436 g/mol. The largest absolute Gasteiger partial charge is 0.502 e. The highest BCUT2D eigenvalue weighted by molar-refractivity contribution is 8.19. The second-order valence-electron chi connectivity index (χ2n) is 7.49. The van der Waals surface area contributed by atoms with Crippen molar-refractivity contribution in [1.82, 2.24) is 0 Å². The van der Waals surface area contributed by atoms with Crippen molar-refractivity contribution in [2.45, 2.75) is 13.8 Å². The zero-order chi connectivity index (χ0) is 23.5. The first-order valence-corrected chi connectivity index (χ1v) is 11.1. The number of hydrogen-bond donors (Lipinski definition) is 1. The summed E-state index contributed by atoms with van der Waals surface area (Å²) in [4.78, 5) is 20.5. The maximum absolute atomic E-state index is 13.6. The van der Waals surface area contributed by atoms with Gasteiger partial charge in [0, 0.05) is 0 Å². The molecule has 1 aliphatic rings. The molecule has 4 rings (SSSR count). The number of carbonyl (C=O) groups is 1. The van der Waals surface area contributed by atoms with Gasteiger partial charge in [0.25, 0.3) is 5.91 Å². The minimum atomic E-state index is -0.173. The Bertz CT molecular complexity index is 1260. The van der Waals surface area contributed by atoms with Gasteiger partial charge in [0.05, 0.1) is 30.5 Å². The first-order valence-electron chi connectivity index (χ1n) is 10.3. The highest BCUT2D eigenvalue weighted by Crippen LogP contribution is 2.41. The van der Waals surface area contributed by atoms with Crippen LogP contribution >= 0.6 is 11.8 Å². The predicted octanol–water partition coefficient (Wildman–Crippen LogP) is 5.83. The molecule has 1 N–H and O–H groups in total. The van der Waals surface area contributed by atoms with Crippen molar-refractivity contribution in [3.63, 3.8) is 0 Å². The molecule has 0 unspecified atom stereocenters. The van der Waals surface area contributed by atoms with Gasteiger partial charge < -0.3 is 14.6 Å². The van der Waals surface area contributed by atoms with Crippen LogP contribution in [0.15, 0.2) is 70.6 Å². The number of ether oxygens (including phenoxy) is 2. The summed E-state index contributed by atoms with van der Waals surface area (Å²) >= 11 is 1.30. The summed E-state index contributed by atoms with van der Waals surface area (Å²) in [5, 5.41) is 10.8. The molecule has 0 aromatic heterocycles. The number of hydrogen-bond acceptors (Lipinski definition) is 6. The molecule has 7 heteroatoms. The van der Waals surface area contributed by atoms with E-state index in [1.807, 2.05) is 62.4 Å². The minimum absolute atomic E-state index is 0.0871. The summed E-state index contributed by atoms with van der Waals surface area (Å²) in [5.41, 5.74) is 4.25. The van der Waals surface area contributed by atoms with Crippen molar-refractivity contribution in [3.05, 3.63) is 82.3 Å². The van der Waals surface area contributed by atoms with Gasteiger partial charge in [-0.1, -0.05) is 36.4 Å². The molecule has 3 aromatic rings. The Labute approximate surface area is 197 Å². The van der Waals surface area contributed by atoms with Crippen LogP contribution < -0.4 is 14.4 Å². The Kier molecular flexibility index (Phi) is 6.42. The number of benzene rings is 3. The molecule has 6 nitrogen and oxygen atoms in total. The Balaban J connectivity index is 1.83. The zero-order valence-corrected chi connectivity index (χ0v) is 19.6. The number of rotatable bonds is 5. The molecule has 0 atom stereocenters. The molecule has 1 fully saturated rings. The van der Waals surface area contributed by atoms with E-state index >= 15 is 0 Å². The van der Waals surface area contributed by atoms with E-state index in [2.05, 4.69) is 0 Å². The summed E-state index contributed by atoms with van der Waals surface area (Å²) in [6.07, 6.45) is 1.75. The highest BCUT2D eigenvalue weighted by atomic mass is 32.2. The summed E-state index contributed by atoms with van der Waals surface area (Å²) in [6, 6.07) is 18.9. The normalized spacial score (nSPS) is 16.0. The molecule has 0 spiro atoms. The van der Waals surface area contributed by atoms with Gasteiger partial charge in [-0.15, -0.1) is 0 Å². The van der Waals surface area contributed by atoms with E-state index in [0.29, 0.717) is 15.6 Å². The summed E-state index contributed by atoms with van der Waals surface area (Å²) in [6.45, 7) is 3.96. The number of nitrogens with zero attached hydrogens (tertiary/aromatic N) is 2. The van der Waals surface area contributed by atoms with Crippen LogP contribution in [0.3, 0.4) is 0 Å². The standard InChI is InChI=1S/C26H24N2O4S/c1-16-9-5-7-11-19(16)27-26-28(20-12-8-6-10-17(20)2)25(30)23(33-26)15-18-13-21(31-3)24(29)22(14-18)32-4/h5-15,29H,1-4H3/b23-15+,27-26?. The topological polar surface area (TPSA) is 71.4 Å². The molecule has 1 amide bonds. The lowest BCUT2D eigenvalue weighted by Crippen LogP contribution is -2.29. The number of phenols is 1. The van der Waals surface area contributed by atoms with Gasteiger partial charge in [-0.2, -0.15) is 0 Å². The second-order valence-corrected chi connectivity index (χ2v) is 8.50. The fraction of sp³-hybridized carbons (Fsp3) is 0.154. The van der Waals surface area contributed by atoms with Crippen LogP contribution in [0.25, 0.3) is 6.08 Å². The molecular formula is C26H24N2O4S. The lowest BCUT2D eigenvalue weighted by Gasteiger charge is -2.18. The fourth-order valence-electron chi connectivity index (χ4n) is 3.52. The summed E-state index contributed by atoms with van der Waals surface area (Å²) in [7, 11) is 2.93. The monoisotopic (exact) mass is 460 g/mol. The summed E-state index contributed by atoms with van der Waals surface area (Å²) in [5.74, 6) is 0.269. The van der Waals surface area contributed by atoms with Gasteiger partial charge in [0.15, 0.2) is 16.7 Å². The third-order valence-electron chi connectivity index (χ3n) is 5.29. The number of para-hydroxylation sites is 2. The van der Waals surface area contributed by atoms with Crippen LogP contribution in [0.4, 0.5) is 11.4 Å². The van der Waals surface area contributed by atoms with Crippen molar-refractivity contribution < 1.29 is 19.4 Å². The van der Waals surface area contributed by atoms with Crippen LogP contribution in [0.1, 0.15) is 16.7 Å². The van der Waals surface area contributed by atoms with Gasteiger partial charge in [-0.25, -0.2) is 4.99 Å². The lowest BCUT2D eigenvalue weighted by molar-refractivity contribution is -0.113. The number of aromatic hydroxyl groups is 1. The molecule has 3 aromatic carbocycles. The van der Waals surface area contributed by atoms with E-state index in [-0.39, 0.29) is 23.2 Å². The molecule has 0 bridgehead atoms. The Hall–Kier alpha value is -3.71. The van der Waals surface area contributed by atoms with Crippen LogP contribution in [-0.4, -0.2) is 30.4 Å². The van der Waals surface area contributed by atoms with Gasteiger partial charge in [0.2, 0.25) is 5.75 Å². The van der Waals surface area contributed by atoms with E-state index < -0.39 is 0 Å². The number of phenolic OH excluding ortho intramolecular Hbond substituents is 1. The van der Waals surface area contributed by atoms with Crippen molar-refractivity contribution in [1.29, 1.82) is 0 Å². The smallest absolute Gasteiger partial charge is 0.271 e. The predicted molar refractivity (Wildman–Crippen MR) is 134 cm³/mol. The van der Waals surface area contributed by atoms with E-state index in [1.54, 1.807) is 23.1 Å². The number of anilines is 1. The quantitative estimate of drug-likeness (QED) is 0.485. The first kappa shape index (κ1) is 22.5. The van der Waals surface area contributed by atoms with Crippen LogP contribution in [0.2, 0.25) is 0 Å². The van der Waals surface area contributed by atoms with Crippen LogP contribution in [0.5, 0.6) is 17.2 Å². The number of aryl methyl sites for hydroxylation is 2. The second kappa shape index (κ2) is 9.42. The Morgan fingerprint density at radius 3 is 2.15 bits per heavy atom. The average Bonchev–Trinajstić information content (AvgIpc) is 3.11. The van der Waals surface area contributed by atoms with Gasteiger partial charge in [-0.05, 0) is 72.6 Å². The number of amides is 1. The molecule has 0 radical (unpaired) electrons. The minimum Gasteiger partial charge on any atom is -0.502 e. The van der Waals surface area contributed by atoms with E-state index in [4.69, 9.17) is 14.5 Å². The Morgan fingerprint density at radius 1 is 0.939 bits per heavy atom. The van der Waals surface area contributed by atoms with Crippen molar-refractivity contribution >= 4 is 40.3 Å².